The summed E-state index contributed by atoms with van der Waals surface area (Å²) in [6.07, 6.45) is 88.7. The number of unbranched alkanes of at least 4 members (excludes halogenated alkanes) is 59. The zero-order valence-corrected chi connectivity index (χ0v) is 56.8. The molecule has 0 aliphatic rings. The van der Waals surface area contributed by atoms with Crippen molar-refractivity contribution in [3.8, 4) is 0 Å². The summed E-state index contributed by atoms with van der Waals surface area (Å²) in [4.78, 5) is 38.4. The van der Waals surface area contributed by atoms with Gasteiger partial charge in [-0.15, -0.1) is 0 Å². The SMILES string of the molecule is CCC/C=C\CCCCCCCC(=O)OCC(COC(=O)CCCCCCCCCCCCCCCCCCCCCCCCCCCCCCCCCCCC)OC(=O)CCCCCCCCCCCCCCCCCCCCCCC. The molecule has 83 heavy (non-hydrogen) atoms. The van der Waals surface area contributed by atoms with E-state index in [2.05, 4.69) is 32.9 Å². The molecule has 0 radical (unpaired) electrons. The normalized spacial score (nSPS) is 12.0. The van der Waals surface area contributed by atoms with Gasteiger partial charge in [-0.05, 0) is 38.5 Å². The predicted octanol–water partition coefficient (Wildman–Crippen LogP) is 26.3. The summed E-state index contributed by atoms with van der Waals surface area (Å²) >= 11 is 0. The summed E-state index contributed by atoms with van der Waals surface area (Å²) in [6.45, 7) is 6.67. The van der Waals surface area contributed by atoms with Crippen molar-refractivity contribution in [2.75, 3.05) is 13.2 Å². The van der Waals surface area contributed by atoms with Gasteiger partial charge in [-0.1, -0.05) is 399 Å². The quantitative estimate of drug-likeness (QED) is 0.0261. The van der Waals surface area contributed by atoms with E-state index in [0.29, 0.717) is 19.3 Å². The molecule has 0 aromatic heterocycles. The summed E-state index contributed by atoms with van der Waals surface area (Å²) < 4.78 is 17.0. The number of allylic oxidation sites excluding steroid dienone is 2. The van der Waals surface area contributed by atoms with Crippen LogP contribution in [0.5, 0.6) is 0 Å². The molecule has 0 aliphatic heterocycles. The van der Waals surface area contributed by atoms with Crippen LogP contribution in [0.3, 0.4) is 0 Å². The minimum Gasteiger partial charge on any atom is -0.462 e. The molecular weight excluding hydrogens is 1020 g/mol. The Kier molecular flexibility index (Phi) is 71.0. The Labute approximate surface area is 520 Å². The molecule has 6 nitrogen and oxygen atoms in total. The monoisotopic (exact) mass is 1170 g/mol. The molecule has 1 unspecified atom stereocenters. The van der Waals surface area contributed by atoms with E-state index >= 15 is 0 Å². The van der Waals surface area contributed by atoms with E-state index in [1.807, 2.05) is 0 Å². The first kappa shape index (κ1) is 81.2. The van der Waals surface area contributed by atoms with E-state index in [1.54, 1.807) is 0 Å². The van der Waals surface area contributed by atoms with Gasteiger partial charge in [0.05, 0.1) is 0 Å². The fourth-order valence-electron chi connectivity index (χ4n) is 12.0. The lowest BCUT2D eigenvalue weighted by Crippen LogP contribution is -2.30. The predicted molar refractivity (Wildman–Crippen MR) is 363 cm³/mol. The van der Waals surface area contributed by atoms with Crippen molar-refractivity contribution >= 4 is 17.9 Å². The number of carbonyl (C=O) groups excluding carboxylic acids is 3. The maximum Gasteiger partial charge on any atom is 0.306 e. The fourth-order valence-corrected chi connectivity index (χ4v) is 12.0. The number of hydrogen-bond acceptors (Lipinski definition) is 6. The van der Waals surface area contributed by atoms with Crippen LogP contribution in [0.1, 0.15) is 445 Å². The number of rotatable bonds is 72. The van der Waals surface area contributed by atoms with Crippen molar-refractivity contribution in [3.05, 3.63) is 12.2 Å². The molecule has 0 aromatic carbocycles. The van der Waals surface area contributed by atoms with Crippen molar-refractivity contribution < 1.29 is 28.6 Å². The van der Waals surface area contributed by atoms with Gasteiger partial charge in [0.1, 0.15) is 13.2 Å². The second-order valence-corrected chi connectivity index (χ2v) is 26.3. The number of carbonyl (C=O) groups is 3. The summed E-state index contributed by atoms with van der Waals surface area (Å²) in [7, 11) is 0. The highest BCUT2D eigenvalue weighted by Gasteiger charge is 2.20. The molecule has 1 atom stereocenters. The maximum atomic E-state index is 12.9. The lowest BCUT2D eigenvalue weighted by Gasteiger charge is -2.18. The van der Waals surface area contributed by atoms with Gasteiger partial charge in [-0.25, -0.2) is 0 Å². The van der Waals surface area contributed by atoms with Crippen LogP contribution in [-0.4, -0.2) is 37.2 Å². The molecule has 0 fully saturated rings. The summed E-state index contributed by atoms with van der Waals surface area (Å²) in [5, 5.41) is 0. The highest BCUT2D eigenvalue weighted by molar-refractivity contribution is 5.71. The molecule has 0 aromatic rings. The number of esters is 3. The smallest absolute Gasteiger partial charge is 0.306 e. The van der Waals surface area contributed by atoms with Gasteiger partial charge in [0.25, 0.3) is 0 Å². The third kappa shape index (κ3) is 70.8. The van der Waals surface area contributed by atoms with E-state index in [0.717, 1.165) is 70.6 Å². The molecule has 0 amide bonds. The third-order valence-electron chi connectivity index (χ3n) is 17.8. The molecule has 0 aliphatic carbocycles. The Morgan fingerprint density at radius 2 is 0.422 bits per heavy atom. The molecule has 0 spiro atoms. The second-order valence-electron chi connectivity index (χ2n) is 26.3. The van der Waals surface area contributed by atoms with Gasteiger partial charge in [-0.3, -0.25) is 14.4 Å². The van der Waals surface area contributed by atoms with E-state index in [1.165, 1.54) is 334 Å². The molecule has 6 heteroatoms. The number of hydrogen-bond donors (Lipinski definition) is 0. The van der Waals surface area contributed by atoms with Crippen LogP contribution in [0.25, 0.3) is 0 Å². The summed E-state index contributed by atoms with van der Waals surface area (Å²) in [5.41, 5.74) is 0. The van der Waals surface area contributed by atoms with Crippen LogP contribution in [0.4, 0.5) is 0 Å². The van der Waals surface area contributed by atoms with Crippen LogP contribution in [-0.2, 0) is 28.6 Å². The average molecular weight is 1170 g/mol. The van der Waals surface area contributed by atoms with Crippen LogP contribution >= 0.6 is 0 Å². The molecule has 0 bridgehead atoms. The Morgan fingerprint density at radius 1 is 0.229 bits per heavy atom. The maximum absolute atomic E-state index is 12.9. The molecule has 0 N–H and O–H groups in total. The van der Waals surface area contributed by atoms with E-state index in [-0.39, 0.29) is 31.1 Å². The van der Waals surface area contributed by atoms with E-state index in [9.17, 15) is 14.4 Å². The van der Waals surface area contributed by atoms with Gasteiger partial charge in [0.15, 0.2) is 6.10 Å². The van der Waals surface area contributed by atoms with Crippen LogP contribution in [0, 0.1) is 0 Å². The van der Waals surface area contributed by atoms with E-state index < -0.39 is 6.10 Å². The molecule has 492 valence electrons. The van der Waals surface area contributed by atoms with Crippen molar-refractivity contribution in [2.24, 2.45) is 0 Å². The lowest BCUT2D eigenvalue weighted by atomic mass is 10.0. The zero-order chi connectivity index (χ0) is 59.9. The van der Waals surface area contributed by atoms with Crippen LogP contribution in [0.15, 0.2) is 12.2 Å². The number of ether oxygens (including phenoxy) is 3. The van der Waals surface area contributed by atoms with Gasteiger partial charge in [0.2, 0.25) is 0 Å². The average Bonchev–Trinajstić information content (AvgIpc) is 3.49. The molecular formula is C77H148O6. The topological polar surface area (TPSA) is 78.9 Å². The van der Waals surface area contributed by atoms with Gasteiger partial charge >= 0.3 is 17.9 Å². The third-order valence-corrected chi connectivity index (χ3v) is 17.8. The van der Waals surface area contributed by atoms with Gasteiger partial charge < -0.3 is 14.2 Å². The Balaban J connectivity index is 4.00. The van der Waals surface area contributed by atoms with Crippen molar-refractivity contribution in [1.82, 2.24) is 0 Å². The summed E-state index contributed by atoms with van der Waals surface area (Å²) in [6, 6.07) is 0. The minimum absolute atomic E-state index is 0.0659. The van der Waals surface area contributed by atoms with Crippen molar-refractivity contribution in [3.63, 3.8) is 0 Å². The highest BCUT2D eigenvalue weighted by atomic mass is 16.6. The van der Waals surface area contributed by atoms with Gasteiger partial charge in [0, 0.05) is 19.3 Å². The van der Waals surface area contributed by atoms with Crippen molar-refractivity contribution in [1.29, 1.82) is 0 Å². The van der Waals surface area contributed by atoms with E-state index in [4.69, 9.17) is 14.2 Å². The summed E-state index contributed by atoms with van der Waals surface area (Å²) in [5.74, 6) is -0.842. The Morgan fingerprint density at radius 3 is 0.651 bits per heavy atom. The standard InChI is InChI=1S/C77H148O6/c1-4-7-10-13-16-19-22-24-26-28-30-32-33-34-35-36-37-38-39-40-41-42-43-44-46-47-49-51-53-55-58-61-64-67-70-76(79)82-73-74(72-81-75(78)69-66-63-60-57-21-18-15-12-9-6-3)83-77(80)71-68-65-62-59-56-54-52-50-48-45-31-29-27-25-23-20-17-14-11-8-5-2/h12,15,74H,4-11,13-14,16-73H2,1-3H3/b15-12-. The molecule has 0 saturated heterocycles. The largest absolute Gasteiger partial charge is 0.462 e. The first-order valence-corrected chi connectivity index (χ1v) is 38.2. The minimum atomic E-state index is -0.769. The highest BCUT2D eigenvalue weighted by Crippen LogP contribution is 2.20. The Hall–Kier alpha value is -1.85. The molecule has 0 heterocycles. The lowest BCUT2D eigenvalue weighted by molar-refractivity contribution is -0.167. The first-order valence-electron chi connectivity index (χ1n) is 38.2. The Bertz CT molecular complexity index is 1300. The first-order chi connectivity index (χ1) is 41.0. The zero-order valence-electron chi connectivity index (χ0n) is 56.8. The van der Waals surface area contributed by atoms with Crippen LogP contribution < -0.4 is 0 Å². The van der Waals surface area contributed by atoms with Crippen molar-refractivity contribution in [2.45, 2.75) is 451 Å². The molecule has 0 rings (SSSR count). The van der Waals surface area contributed by atoms with Crippen LogP contribution in [0.2, 0.25) is 0 Å². The fraction of sp³-hybridized carbons (Fsp3) is 0.935. The second kappa shape index (κ2) is 72.6. The van der Waals surface area contributed by atoms with Gasteiger partial charge in [-0.2, -0.15) is 0 Å². The molecule has 0 saturated carbocycles.